The predicted molar refractivity (Wildman–Crippen MR) is 66.8 cm³/mol. The molecule has 1 aromatic heterocycles. The lowest BCUT2D eigenvalue weighted by molar-refractivity contribution is 0.119. The molecule has 0 bridgehead atoms. The molecule has 88 valence electrons. The molecule has 1 aromatic rings. The Morgan fingerprint density at radius 1 is 1.44 bits per heavy atom. The van der Waals surface area contributed by atoms with E-state index in [0.29, 0.717) is 6.04 Å². The van der Waals surface area contributed by atoms with Crippen molar-refractivity contribution in [1.82, 2.24) is 9.88 Å². The summed E-state index contributed by atoms with van der Waals surface area (Å²) in [4.78, 5) is 6.96. The number of halogens is 1. The Bertz CT molecular complexity index is 377. The van der Waals surface area contributed by atoms with Crippen LogP contribution in [0.5, 0.6) is 0 Å². The number of likely N-dealkylation sites (tertiary alicyclic amines) is 1. The number of hydrogen-bond donors (Lipinski definition) is 1. The molecule has 1 aliphatic heterocycles. The van der Waals surface area contributed by atoms with Crippen LogP contribution in [-0.2, 0) is 0 Å². The van der Waals surface area contributed by atoms with Crippen LogP contribution in [0.1, 0.15) is 36.7 Å². The Balaban J connectivity index is 1.87. The van der Waals surface area contributed by atoms with Gasteiger partial charge in [-0.3, -0.25) is 4.90 Å². The monoisotopic (exact) mass is 257 g/mol. The summed E-state index contributed by atoms with van der Waals surface area (Å²) < 4.78 is 0.767. The van der Waals surface area contributed by atoms with E-state index < -0.39 is 0 Å². The van der Waals surface area contributed by atoms with Gasteiger partial charge in [-0.1, -0.05) is 11.6 Å². The van der Waals surface area contributed by atoms with Crippen LogP contribution in [0.2, 0.25) is 4.34 Å². The molecule has 0 amide bonds. The zero-order valence-corrected chi connectivity index (χ0v) is 10.7. The maximum absolute atomic E-state index is 6.26. The summed E-state index contributed by atoms with van der Waals surface area (Å²) in [7, 11) is 0. The highest BCUT2D eigenvalue weighted by Crippen LogP contribution is 2.40. The summed E-state index contributed by atoms with van der Waals surface area (Å²) in [5.74, 6) is 0. The smallest absolute Gasteiger partial charge is 0.113 e. The average Bonchev–Trinajstić information content (AvgIpc) is 3.02. The zero-order chi connectivity index (χ0) is 11.1. The lowest BCUT2D eigenvalue weighted by Gasteiger charge is -2.38. The Morgan fingerprint density at radius 2 is 2.25 bits per heavy atom. The van der Waals surface area contributed by atoms with Crippen molar-refractivity contribution in [3.8, 4) is 0 Å². The summed E-state index contributed by atoms with van der Waals surface area (Å²) in [5, 5.41) is 1.10. The van der Waals surface area contributed by atoms with Crippen molar-refractivity contribution in [2.45, 2.75) is 43.8 Å². The first-order valence-electron chi connectivity index (χ1n) is 5.88. The van der Waals surface area contributed by atoms with Crippen molar-refractivity contribution in [3.05, 3.63) is 15.5 Å². The highest BCUT2D eigenvalue weighted by atomic mass is 35.5. The maximum Gasteiger partial charge on any atom is 0.113 e. The number of nitrogens with zero attached hydrogens (tertiary/aromatic N) is 2. The van der Waals surface area contributed by atoms with Gasteiger partial charge in [-0.15, -0.1) is 11.3 Å². The average molecular weight is 258 g/mol. The number of hydrogen-bond acceptors (Lipinski definition) is 4. The predicted octanol–water partition coefficient (Wildman–Crippen LogP) is 2.42. The second-order valence-electron chi connectivity index (χ2n) is 4.72. The summed E-state index contributed by atoms with van der Waals surface area (Å²) in [6.07, 6.45) is 6.71. The van der Waals surface area contributed by atoms with Crippen molar-refractivity contribution in [2.24, 2.45) is 5.73 Å². The third-order valence-corrected chi connectivity index (χ3v) is 4.67. The van der Waals surface area contributed by atoms with Gasteiger partial charge in [-0.2, -0.15) is 0 Å². The van der Waals surface area contributed by atoms with E-state index in [-0.39, 0.29) is 6.04 Å². The molecule has 2 N–H and O–H groups in total. The van der Waals surface area contributed by atoms with Gasteiger partial charge in [0.25, 0.3) is 0 Å². The molecular formula is C11H16ClN3S. The van der Waals surface area contributed by atoms with Crippen LogP contribution in [0.3, 0.4) is 0 Å². The van der Waals surface area contributed by atoms with Crippen LogP contribution in [0.15, 0.2) is 6.20 Å². The molecule has 2 heterocycles. The quantitative estimate of drug-likeness (QED) is 0.885. The molecule has 2 atom stereocenters. The van der Waals surface area contributed by atoms with E-state index in [1.54, 1.807) is 17.5 Å². The van der Waals surface area contributed by atoms with Gasteiger partial charge in [0.05, 0.1) is 12.2 Å². The van der Waals surface area contributed by atoms with E-state index in [9.17, 15) is 0 Å². The van der Waals surface area contributed by atoms with Gasteiger partial charge in [-0.25, -0.2) is 4.98 Å². The summed E-state index contributed by atoms with van der Waals surface area (Å²) in [5.41, 5.74) is 6.26. The van der Waals surface area contributed by atoms with Gasteiger partial charge in [0.15, 0.2) is 0 Å². The van der Waals surface area contributed by atoms with Crippen molar-refractivity contribution in [2.75, 3.05) is 6.54 Å². The van der Waals surface area contributed by atoms with Crippen molar-refractivity contribution in [3.63, 3.8) is 0 Å². The van der Waals surface area contributed by atoms with E-state index in [4.69, 9.17) is 17.3 Å². The molecule has 0 spiro atoms. The summed E-state index contributed by atoms with van der Waals surface area (Å²) >= 11 is 7.55. The normalized spacial score (nSPS) is 31.9. The number of nitrogens with two attached hydrogens (primary N) is 1. The summed E-state index contributed by atoms with van der Waals surface area (Å²) in [6.45, 7) is 1.17. The first-order valence-corrected chi connectivity index (χ1v) is 7.07. The minimum atomic E-state index is 0.219. The van der Waals surface area contributed by atoms with Crippen molar-refractivity contribution < 1.29 is 0 Å². The Kier molecular flexibility index (Phi) is 2.92. The largest absolute Gasteiger partial charge is 0.326 e. The van der Waals surface area contributed by atoms with Gasteiger partial charge in [0.2, 0.25) is 0 Å². The number of aromatic nitrogens is 1. The number of piperidine rings is 1. The third-order valence-electron chi connectivity index (χ3n) is 3.48. The van der Waals surface area contributed by atoms with Crippen LogP contribution < -0.4 is 5.73 Å². The molecule has 16 heavy (non-hydrogen) atoms. The van der Waals surface area contributed by atoms with E-state index in [0.717, 1.165) is 21.8 Å². The highest BCUT2D eigenvalue weighted by molar-refractivity contribution is 7.15. The van der Waals surface area contributed by atoms with Crippen LogP contribution >= 0.6 is 22.9 Å². The van der Waals surface area contributed by atoms with E-state index >= 15 is 0 Å². The first-order chi connectivity index (χ1) is 7.75. The molecule has 1 aliphatic carbocycles. The van der Waals surface area contributed by atoms with E-state index in [2.05, 4.69) is 9.88 Å². The lowest BCUT2D eigenvalue weighted by Crippen LogP contribution is -2.46. The van der Waals surface area contributed by atoms with Gasteiger partial charge >= 0.3 is 0 Å². The molecule has 1 saturated heterocycles. The fourth-order valence-corrected chi connectivity index (χ4v) is 3.72. The fraction of sp³-hybridized carbons (Fsp3) is 0.727. The van der Waals surface area contributed by atoms with Crippen LogP contribution in [0.4, 0.5) is 0 Å². The molecule has 0 radical (unpaired) electrons. The maximum atomic E-state index is 6.26. The second-order valence-corrected chi connectivity index (χ2v) is 6.42. The molecule has 0 aromatic carbocycles. The molecule has 3 nitrogen and oxygen atoms in total. The molecule has 2 unspecified atom stereocenters. The van der Waals surface area contributed by atoms with Gasteiger partial charge in [0, 0.05) is 12.1 Å². The van der Waals surface area contributed by atoms with E-state index in [1.807, 2.05) is 0 Å². The number of rotatable bonds is 2. The second kappa shape index (κ2) is 4.26. The topological polar surface area (TPSA) is 42.1 Å². The molecule has 1 saturated carbocycles. The van der Waals surface area contributed by atoms with Crippen LogP contribution in [0, 0.1) is 0 Å². The molecule has 2 aliphatic rings. The van der Waals surface area contributed by atoms with E-state index in [1.165, 1.54) is 25.8 Å². The number of thiazole rings is 1. The van der Waals surface area contributed by atoms with Gasteiger partial charge in [-0.05, 0) is 32.2 Å². The minimum absolute atomic E-state index is 0.219. The zero-order valence-electron chi connectivity index (χ0n) is 9.10. The third kappa shape index (κ3) is 1.99. The molecule has 5 heteroatoms. The lowest BCUT2D eigenvalue weighted by atomic mass is 9.97. The molecule has 2 fully saturated rings. The van der Waals surface area contributed by atoms with Gasteiger partial charge < -0.3 is 5.73 Å². The van der Waals surface area contributed by atoms with Gasteiger partial charge in [0.1, 0.15) is 9.34 Å². The SMILES string of the molecule is NC1CCCN(C2CC2)C1c1ncc(Cl)s1. The van der Waals surface area contributed by atoms with Crippen molar-refractivity contribution in [1.29, 1.82) is 0 Å². The Hall–Kier alpha value is -0.160. The van der Waals surface area contributed by atoms with Crippen molar-refractivity contribution >= 4 is 22.9 Å². The highest BCUT2D eigenvalue weighted by Gasteiger charge is 2.40. The molecule has 3 rings (SSSR count). The summed E-state index contributed by atoms with van der Waals surface area (Å²) in [6, 6.07) is 1.27. The van der Waals surface area contributed by atoms with Crippen LogP contribution in [-0.4, -0.2) is 28.5 Å². The van der Waals surface area contributed by atoms with Crippen LogP contribution in [0.25, 0.3) is 0 Å². The molecular weight excluding hydrogens is 242 g/mol. The fourth-order valence-electron chi connectivity index (χ4n) is 2.60. The Labute approximate surface area is 105 Å². The first kappa shape index (κ1) is 11.0. The standard InChI is InChI=1S/C11H16ClN3S/c12-9-6-14-11(16-9)10-8(13)2-1-5-15(10)7-3-4-7/h6-8,10H,1-5,13H2. The minimum Gasteiger partial charge on any atom is -0.326 e. The Morgan fingerprint density at radius 3 is 2.88 bits per heavy atom.